The fourth-order valence-electron chi connectivity index (χ4n) is 1.38. The second kappa shape index (κ2) is 5.29. The van der Waals surface area contributed by atoms with Crippen molar-refractivity contribution in [2.24, 2.45) is 0 Å². The Labute approximate surface area is 104 Å². The number of nitrogens with zero attached hydrogens (tertiary/aromatic N) is 2. The Bertz CT molecular complexity index is 454. The van der Waals surface area contributed by atoms with E-state index < -0.39 is 0 Å². The molecule has 0 spiro atoms. The van der Waals surface area contributed by atoms with Gasteiger partial charge < -0.3 is 15.1 Å². The Morgan fingerprint density at radius 3 is 2.76 bits per heavy atom. The minimum atomic E-state index is 0.0644. The molecule has 2 rings (SSSR count). The molecule has 0 saturated carbocycles. The molecule has 5 nitrogen and oxygen atoms in total. The second-order valence-corrected chi connectivity index (χ2v) is 4.66. The van der Waals surface area contributed by atoms with E-state index in [1.54, 1.807) is 11.3 Å². The molecule has 0 aromatic carbocycles. The molecule has 0 radical (unpaired) electrons. The van der Waals surface area contributed by atoms with E-state index in [1.807, 2.05) is 14.0 Å². The van der Waals surface area contributed by atoms with Gasteiger partial charge in [0, 0.05) is 0 Å². The van der Waals surface area contributed by atoms with Crippen LogP contribution < -0.4 is 10.6 Å². The lowest BCUT2D eigenvalue weighted by Gasteiger charge is -2.09. The molecule has 2 heterocycles. The quantitative estimate of drug-likeness (QED) is 0.856. The molecule has 2 N–H and O–H groups in total. The van der Waals surface area contributed by atoms with Gasteiger partial charge >= 0.3 is 6.01 Å². The number of anilines is 1. The van der Waals surface area contributed by atoms with Gasteiger partial charge in [0.25, 0.3) is 0 Å². The van der Waals surface area contributed by atoms with Crippen LogP contribution in [0.2, 0.25) is 0 Å². The molecule has 92 valence electrons. The van der Waals surface area contributed by atoms with Crippen LogP contribution in [0.4, 0.5) is 6.01 Å². The monoisotopic (exact) mass is 252 g/mol. The van der Waals surface area contributed by atoms with Crippen LogP contribution in [0.15, 0.2) is 21.2 Å². The number of rotatable bonds is 5. The predicted octanol–water partition coefficient (Wildman–Crippen LogP) is 2.58. The number of hydrogen-bond acceptors (Lipinski definition) is 6. The summed E-state index contributed by atoms with van der Waals surface area (Å²) in [6.45, 7) is 4.03. The SMILES string of the molecule is CNC(C)c1nnc(NC(C)c2ccsc2)o1. The molecule has 0 aliphatic rings. The van der Waals surface area contributed by atoms with E-state index in [-0.39, 0.29) is 12.1 Å². The highest BCUT2D eigenvalue weighted by atomic mass is 32.1. The van der Waals surface area contributed by atoms with E-state index in [2.05, 4.69) is 44.6 Å². The molecule has 6 heteroatoms. The first-order chi connectivity index (χ1) is 8.20. The lowest BCUT2D eigenvalue weighted by atomic mass is 10.2. The third-order valence-electron chi connectivity index (χ3n) is 2.63. The van der Waals surface area contributed by atoms with Gasteiger partial charge in [-0.3, -0.25) is 0 Å². The first-order valence-electron chi connectivity index (χ1n) is 5.50. The van der Waals surface area contributed by atoms with Gasteiger partial charge in [-0.05, 0) is 43.3 Å². The lowest BCUT2D eigenvalue weighted by Crippen LogP contribution is -2.12. The van der Waals surface area contributed by atoms with Crippen molar-refractivity contribution in [3.8, 4) is 0 Å². The van der Waals surface area contributed by atoms with Crippen molar-refractivity contribution in [2.45, 2.75) is 25.9 Å². The summed E-state index contributed by atoms with van der Waals surface area (Å²) in [6, 6.07) is 2.77. The molecule has 0 saturated heterocycles. The van der Waals surface area contributed by atoms with Crippen molar-refractivity contribution < 1.29 is 4.42 Å². The maximum absolute atomic E-state index is 5.51. The minimum absolute atomic E-state index is 0.0644. The molecule has 0 aliphatic carbocycles. The molecule has 2 aromatic rings. The Kier molecular flexibility index (Phi) is 3.75. The summed E-state index contributed by atoms with van der Waals surface area (Å²) < 4.78 is 5.51. The second-order valence-electron chi connectivity index (χ2n) is 3.88. The van der Waals surface area contributed by atoms with E-state index in [9.17, 15) is 0 Å². The standard InChI is InChI=1S/C11H16N4OS/c1-7(9-4-5-17-6-9)13-11-15-14-10(16-11)8(2)12-3/h4-8,12H,1-3H3,(H,13,15). The van der Waals surface area contributed by atoms with Crippen molar-refractivity contribution in [3.63, 3.8) is 0 Å². The number of nitrogens with one attached hydrogen (secondary N) is 2. The summed E-state index contributed by atoms with van der Waals surface area (Å²) in [5.41, 5.74) is 1.22. The first-order valence-corrected chi connectivity index (χ1v) is 6.44. The Balaban J connectivity index is 2.02. The van der Waals surface area contributed by atoms with Gasteiger partial charge in [-0.15, -0.1) is 5.10 Å². The molecule has 2 atom stereocenters. The fraction of sp³-hybridized carbons (Fsp3) is 0.455. The van der Waals surface area contributed by atoms with Crippen LogP contribution >= 0.6 is 11.3 Å². The maximum atomic E-state index is 5.51. The summed E-state index contributed by atoms with van der Waals surface area (Å²) in [4.78, 5) is 0. The normalized spacial score (nSPS) is 14.5. The zero-order valence-electron chi connectivity index (χ0n) is 10.1. The Hall–Kier alpha value is -1.40. The van der Waals surface area contributed by atoms with Gasteiger partial charge in [0.1, 0.15) is 0 Å². The molecular weight excluding hydrogens is 236 g/mol. The lowest BCUT2D eigenvalue weighted by molar-refractivity contribution is 0.439. The van der Waals surface area contributed by atoms with Crippen LogP contribution in [0.3, 0.4) is 0 Å². The van der Waals surface area contributed by atoms with Crippen molar-refractivity contribution >= 4 is 17.4 Å². The van der Waals surface area contributed by atoms with E-state index in [0.29, 0.717) is 11.9 Å². The van der Waals surface area contributed by atoms with Crippen molar-refractivity contribution in [1.29, 1.82) is 0 Å². The third-order valence-corrected chi connectivity index (χ3v) is 3.33. The van der Waals surface area contributed by atoms with Gasteiger partial charge in [0.2, 0.25) is 5.89 Å². The van der Waals surface area contributed by atoms with Gasteiger partial charge in [-0.25, -0.2) is 0 Å². The highest BCUT2D eigenvalue weighted by Crippen LogP contribution is 2.21. The Morgan fingerprint density at radius 2 is 2.12 bits per heavy atom. The van der Waals surface area contributed by atoms with Gasteiger partial charge in [-0.1, -0.05) is 5.10 Å². The summed E-state index contributed by atoms with van der Waals surface area (Å²) in [5, 5.41) is 18.3. The van der Waals surface area contributed by atoms with Crippen LogP contribution in [0.5, 0.6) is 0 Å². The molecule has 0 aliphatic heterocycles. The first kappa shape index (κ1) is 12.1. The van der Waals surface area contributed by atoms with Crippen LogP contribution in [-0.2, 0) is 0 Å². The average molecular weight is 252 g/mol. The van der Waals surface area contributed by atoms with E-state index in [0.717, 1.165) is 0 Å². The van der Waals surface area contributed by atoms with E-state index in [4.69, 9.17) is 4.42 Å². The predicted molar refractivity (Wildman–Crippen MR) is 68.1 cm³/mol. The van der Waals surface area contributed by atoms with Gasteiger partial charge in [-0.2, -0.15) is 11.3 Å². The minimum Gasteiger partial charge on any atom is -0.406 e. The highest BCUT2D eigenvalue weighted by molar-refractivity contribution is 7.07. The highest BCUT2D eigenvalue weighted by Gasteiger charge is 2.14. The Morgan fingerprint density at radius 1 is 1.29 bits per heavy atom. The van der Waals surface area contributed by atoms with Crippen molar-refractivity contribution in [2.75, 3.05) is 12.4 Å². The summed E-state index contributed by atoms with van der Waals surface area (Å²) in [6.07, 6.45) is 0. The van der Waals surface area contributed by atoms with Gasteiger partial charge in [0.05, 0.1) is 12.1 Å². The number of hydrogen-bond donors (Lipinski definition) is 2. The average Bonchev–Trinajstić information content (AvgIpc) is 2.98. The summed E-state index contributed by atoms with van der Waals surface area (Å²) in [7, 11) is 1.86. The molecular formula is C11H16N4OS. The molecule has 0 amide bonds. The zero-order chi connectivity index (χ0) is 12.3. The third kappa shape index (κ3) is 2.83. The fourth-order valence-corrected chi connectivity index (χ4v) is 2.14. The number of thiophene rings is 1. The van der Waals surface area contributed by atoms with Crippen LogP contribution in [0.1, 0.15) is 37.4 Å². The van der Waals surface area contributed by atoms with Gasteiger partial charge in [0.15, 0.2) is 0 Å². The topological polar surface area (TPSA) is 63.0 Å². The summed E-state index contributed by atoms with van der Waals surface area (Å²) in [5.74, 6) is 0.590. The van der Waals surface area contributed by atoms with Crippen LogP contribution in [0, 0.1) is 0 Å². The smallest absolute Gasteiger partial charge is 0.315 e. The molecule has 0 fully saturated rings. The molecule has 17 heavy (non-hydrogen) atoms. The van der Waals surface area contributed by atoms with E-state index in [1.165, 1.54) is 5.56 Å². The largest absolute Gasteiger partial charge is 0.406 e. The molecule has 2 aromatic heterocycles. The van der Waals surface area contributed by atoms with E-state index >= 15 is 0 Å². The van der Waals surface area contributed by atoms with Crippen LogP contribution in [-0.4, -0.2) is 17.2 Å². The molecule has 2 unspecified atom stereocenters. The molecule has 0 bridgehead atoms. The van der Waals surface area contributed by atoms with Crippen LogP contribution in [0.25, 0.3) is 0 Å². The van der Waals surface area contributed by atoms with Crippen molar-refractivity contribution in [3.05, 3.63) is 28.3 Å². The maximum Gasteiger partial charge on any atom is 0.315 e. The zero-order valence-corrected chi connectivity index (χ0v) is 10.9. The van der Waals surface area contributed by atoms with Crippen molar-refractivity contribution in [1.82, 2.24) is 15.5 Å². The summed E-state index contributed by atoms with van der Waals surface area (Å²) >= 11 is 1.68. The number of aromatic nitrogens is 2.